The van der Waals surface area contributed by atoms with Gasteiger partial charge in [0.2, 0.25) is 0 Å². The van der Waals surface area contributed by atoms with Gasteiger partial charge in [0.15, 0.2) is 5.82 Å². The average molecular weight is 178 g/mol. The van der Waals surface area contributed by atoms with Crippen LogP contribution in [0.4, 0.5) is 0 Å². The van der Waals surface area contributed by atoms with Crippen LogP contribution in [0.15, 0.2) is 12.5 Å². The van der Waals surface area contributed by atoms with Crippen molar-refractivity contribution < 1.29 is 0 Å². The van der Waals surface area contributed by atoms with Gasteiger partial charge in [0.25, 0.3) is 0 Å². The lowest BCUT2D eigenvalue weighted by molar-refractivity contribution is 0.909. The Morgan fingerprint density at radius 3 is 3.00 bits per heavy atom. The smallest absolute Gasteiger partial charge is 0.199 e. The molecule has 0 saturated carbocycles. The van der Waals surface area contributed by atoms with Crippen LogP contribution in [-0.2, 0) is 13.6 Å². The molecule has 0 aliphatic heterocycles. The predicted octanol–water partition coefficient (Wildman–Crippen LogP) is -0.336. The number of hydrogen-bond donors (Lipinski definition) is 2. The second kappa shape index (κ2) is 2.98. The van der Waals surface area contributed by atoms with Gasteiger partial charge in [-0.05, 0) is 0 Å². The molecule has 3 N–H and O–H groups in total. The van der Waals surface area contributed by atoms with Crippen LogP contribution in [0.25, 0.3) is 11.5 Å². The van der Waals surface area contributed by atoms with Gasteiger partial charge in [0.1, 0.15) is 11.5 Å². The van der Waals surface area contributed by atoms with Gasteiger partial charge in [-0.3, -0.25) is 5.10 Å². The van der Waals surface area contributed by atoms with Gasteiger partial charge < -0.3 is 10.3 Å². The molecule has 0 spiro atoms. The second-order valence-corrected chi connectivity index (χ2v) is 2.70. The summed E-state index contributed by atoms with van der Waals surface area (Å²) in [4.78, 5) is 8.15. The number of nitrogens with zero attached hydrogens (tertiary/aromatic N) is 4. The number of aromatic amines is 1. The number of aryl methyl sites for hydroxylation is 1. The van der Waals surface area contributed by atoms with Crippen molar-refractivity contribution in [2.45, 2.75) is 6.54 Å². The molecule has 0 fully saturated rings. The fraction of sp³-hybridized carbons (Fsp3) is 0.286. The summed E-state index contributed by atoms with van der Waals surface area (Å²) in [6.45, 7) is 0.366. The van der Waals surface area contributed by atoms with Gasteiger partial charge in [-0.2, -0.15) is 5.10 Å². The molecule has 0 aromatic carbocycles. The summed E-state index contributed by atoms with van der Waals surface area (Å²) in [6.07, 6.45) is 3.41. The quantitative estimate of drug-likeness (QED) is 0.659. The Kier molecular flexibility index (Phi) is 1.82. The first kappa shape index (κ1) is 7.93. The molecule has 0 unspecified atom stereocenters. The molecule has 2 heterocycles. The van der Waals surface area contributed by atoms with Crippen LogP contribution in [0.3, 0.4) is 0 Å². The molecule has 2 aromatic rings. The van der Waals surface area contributed by atoms with E-state index < -0.39 is 0 Å². The standard InChI is InChI=1S/C7H10N6/c1-13-4-9-3-5(13)7-10-6(2-8)11-12-7/h3-4H,2,8H2,1H3,(H,10,11,12). The summed E-state index contributed by atoms with van der Waals surface area (Å²) < 4.78 is 1.85. The molecule has 0 amide bonds. The van der Waals surface area contributed by atoms with E-state index in [0.29, 0.717) is 18.2 Å². The maximum atomic E-state index is 5.40. The highest BCUT2D eigenvalue weighted by atomic mass is 15.2. The molecule has 6 nitrogen and oxygen atoms in total. The second-order valence-electron chi connectivity index (χ2n) is 2.70. The molecule has 2 rings (SSSR count). The number of nitrogens with two attached hydrogens (primary N) is 1. The lowest BCUT2D eigenvalue weighted by atomic mass is 10.4. The number of rotatable bonds is 2. The van der Waals surface area contributed by atoms with E-state index in [1.807, 2.05) is 11.6 Å². The Morgan fingerprint density at radius 1 is 1.62 bits per heavy atom. The van der Waals surface area contributed by atoms with Crippen LogP contribution >= 0.6 is 0 Å². The van der Waals surface area contributed by atoms with E-state index in [1.54, 1.807) is 12.5 Å². The SMILES string of the molecule is Cn1cncc1-c1n[nH]c(CN)n1. The Labute approximate surface area is 74.8 Å². The van der Waals surface area contributed by atoms with Crippen molar-refractivity contribution in [3.8, 4) is 11.5 Å². The van der Waals surface area contributed by atoms with Crippen molar-refractivity contribution in [1.29, 1.82) is 0 Å². The molecule has 0 aliphatic carbocycles. The minimum absolute atomic E-state index is 0.366. The van der Waals surface area contributed by atoms with Gasteiger partial charge in [-0.1, -0.05) is 0 Å². The molecular weight excluding hydrogens is 168 g/mol. The minimum Gasteiger partial charge on any atom is -0.331 e. The summed E-state index contributed by atoms with van der Waals surface area (Å²) in [6, 6.07) is 0. The number of aromatic nitrogens is 5. The van der Waals surface area contributed by atoms with Gasteiger partial charge in [0.05, 0.1) is 19.1 Å². The van der Waals surface area contributed by atoms with Crippen molar-refractivity contribution in [1.82, 2.24) is 24.7 Å². The van der Waals surface area contributed by atoms with E-state index in [9.17, 15) is 0 Å². The molecule has 13 heavy (non-hydrogen) atoms. The van der Waals surface area contributed by atoms with Crippen LogP contribution in [-0.4, -0.2) is 24.7 Å². The lowest BCUT2D eigenvalue weighted by Gasteiger charge is -1.93. The van der Waals surface area contributed by atoms with E-state index in [4.69, 9.17) is 5.73 Å². The van der Waals surface area contributed by atoms with Crippen molar-refractivity contribution >= 4 is 0 Å². The van der Waals surface area contributed by atoms with Crippen molar-refractivity contribution in [2.24, 2.45) is 12.8 Å². The number of hydrogen-bond acceptors (Lipinski definition) is 4. The van der Waals surface area contributed by atoms with Gasteiger partial charge >= 0.3 is 0 Å². The van der Waals surface area contributed by atoms with Crippen LogP contribution in [0.5, 0.6) is 0 Å². The zero-order chi connectivity index (χ0) is 9.26. The fourth-order valence-corrected chi connectivity index (χ4v) is 1.07. The summed E-state index contributed by atoms with van der Waals surface area (Å²) in [5.74, 6) is 1.30. The van der Waals surface area contributed by atoms with E-state index in [2.05, 4.69) is 20.2 Å². The normalized spacial score (nSPS) is 10.6. The Bertz CT molecular complexity index is 401. The molecule has 6 heteroatoms. The Balaban J connectivity index is 2.41. The van der Waals surface area contributed by atoms with Gasteiger partial charge in [-0.25, -0.2) is 9.97 Å². The highest BCUT2D eigenvalue weighted by molar-refractivity contribution is 5.47. The minimum atomic E-state index is 0.366. The average Bonchev–Trinajstić information content (AvgIpc) is 2.71. The van der Waals surface area contributed by atoms with Gasteiger partial charge in [0, 0.05) is 7.05 Å². The van der Waals surface area contributed by atoms with Gasteiger partial charge in [-0.15, -0.1) is 0 Å². The van der Waals surface area contributed by atoms with Crippen molar-refractivity contribution in [3.05, 3.63) is 18.3 Å². The molecule has 2 aromatic heterocycles. The van der Waals surface area contributed by atoms with E-state index in [-0.39, 0.29) is 0 Å². The van der Waals surface area contributed by atoms with Crippen LogP contribution in [0.2, 0.25) is 0 Å². The van der Waals surface area contributed by atoms with E-state index >= 15 is 0 Å². The third-order valence-electron chi connectivity index (χ3n) is 1.77. The predicted molar refractivity (Wildman–Crippen MR) is 46.5 cm³/mol. The summed E-state index contributed by atoms with van der Waals surface area (Å²) in [5, 5.41) is 6.76. The first-order valence-corrected chi connectivity index (χ1v) is 3.89. The topological polar surface area (TPSA) is 85.4 Å². The molecule has 0 atom stereocenters. The Morgan fingerprint density at radius 2 is 2.46 bits per heavy atom. The third kappa shape index (κ3) is 1.31. The number of nitrogens with one attached hydrogen (secondary N) is 1. The highest BCUT2D eigenvalue weighted by Crippen LogP contribution is 2.11. The summed E-state index contributed by atoms with van der Waals surface area (Å²) in [7, 11) is 1.89. The summed E-state index contributed by atoms with van der Waals surface area (Å²) in [5.41, 5.74) is 6.27. The number of imidazole rings is 1. The fourth-order valence-electron chi connectivity index (χ4n) is 1.07. The Hall–Kier alpha value is -1.69. The molecule has 0 radical (unpaired) electrons. The molecule has 0 saturated heterocycles. The van der Waals surface area contributed by atoms with E-state index in [0.717, 1.165) is 5.69 Å². The zero-order valence-electron chi connectivity index (χ0n) is 7.23. The third-order valence-corrected chi connectivity index (χ3v) is 1.77. The first-order chi connectivity index (χ1) is 6.31. The highest BCUT2D eigenvalue weighted by Gasteiger charge is 2.07. The zero-order valence-corrected chi connectivity index (χ0v) is 7.23. The van der Waals surface area contributed by atoms with E-state index in [1.165, 1.54) is 0 Å². The monoisotopic (exact) mass is 178 g/mol. The largest absolute Gasteiger partial charge is 0.331 e. The van der Waals surface area contributed by atoms with Crippen LogP contribution in [0, 0.1) is 0 Å². The maximum absolute atomic E-state index is 5.40. The van der Waals surface area contributed by atoms with Crippen molar-refractivity contribution in [2.75, 3.05) is 0 Å². The molecule has 0 aliphatic rings. The lowest BCUT2D eigenvalue weighted by Crippen LogP contribution is -1.98. The van der Waals surface area contributed by atoms with Crippen LogP contribution in [0.1, 0.15) is 5.82 Å². The molecule has 0 bridgehead atoms. The van der Waals surface area contributed by atoms with Crippen LogP contribution < -0.4 is 5.73 Å². The molecule has 68 valence electrons. The maximum Gasteiger partial charge on any atom is 0.199 e. The first-order valence-electron chi connectivity index (χ1n) is 3.89. The number of H-pyrrole nitrogens is 1. The summed E-state index contributed by atoms with van der Waals surface area (Å²) >= 11 is 0. The molecular formula is C7H10N6. The van der Waals surface area contributed by atoms with Crippen molar-refractivity contribution in [3.63, 3.8) is 0 Å².